The van der Waals surface area contributed by atoms with Crippen LogP contribution < -0.4 is 0 Å². The van der Waals surface area contributed by atoms with Gasteiger partial charge in [0, 0.05) is 21.5 Å². The maximum atomic E-state index is 6.82. The van der Waals surface area contributed by atoms with Crippen LogP contribution in [0.1, 0.15) is 0 Å². The van der Waals surface area contributed by atoms with Gasteiger partial charge in [-0.15, -0.1) is 0 Å². The fourth-order valence-corrected chi connectivity index (χ4v) is 9.29. The van der Waals surface area contributed by atoms with E-state index in [4.69, 9.17) is 4.42 Å². The van der Waals surface area contributed by atoms with Crippen LogP contribution in [0.3, 0.4) is 0 Å². The Morgan fingerprint density at radius 1 is 0.236 bits per heavy atom. The molecule has 0 radical (unpaired) electrons. The highest BCUT2D eigenvalue weighted by Crippen LogP contribution is 2.46. The molecule has 0 spiro atoms. The molecule has 0 aliphatic rings. The Bertz CT molecular complexity index is 3470. The molecular weight excluding hydrogens is 665 g/mol. The minimum absolute atomic E-state index is 0.952. The molecule has 1 nitrogen and oxygen atoms in total. The lowest BCUT2D eigenvalue weighted by Gasteiger charge is -2.18. The summed E-state index contributed by atoms with van der Waals surface area (Å²) >= 11 is 0. The minimum Gasteiger partial charge on any atom is -0.455 e. The van der Waals surface area contributed by atoms with Crippen molar-refractivity contribution >= 4 is 86.6 Å². The Labute approximate surface area is 317 Å². The van der Waals surface area contributed by atoms with E-state index in [1.807, 2.05) is 0 Å². The van der Waals surface area contributed by atoms with E-state index in [1.54, 1.807) is 0 Å². The van der Waals surface area contributed by atoms with E-state index in [2.05, 4.69) is 194 Å². The first kappa shape index (κ1) is 30.3. The minimum atomic E-state index is 0.952. The molecule has 0 amide bonds. The Morgan fingerprint density at radius 2 is 0.727 bits per heavy atom. The third kappa shape index (κ3) is 4.48. The van der Waals surface area contributed by atoms with Crippen LogP contribution in [-0.4, -0.2) is 0 Å². The van der Waals surface area contributed by atoms with E-state index in [9.17, 15) is 0 Å². The molecule has 12 rings (SSSR count). The number of hydrogen-bond donors (Lipinski definition) is 0. The standard InChI is InChI=1S/C54H32O/c1-2-13-37-31-39(26-23-33(37)11-1)51-45-19-9-7-17-43(45)50(44-18-8-10-20-46(44)51)36-24-21-34(22-25-36)38-28-29-47-49(32-38)41-15-5-6-16-42(41)52-48-30-27-35-12-3-4-14-40(35)53(48)55-54(47)52/h1-32H. The molecule has 0 saturated carbocycles. The van der Waals surface area contributed by atoms with Gasteiger partial charge in [0.2, 0.25) is 0 Å². The number of furan rings is 1. The highest BCUT2D eigenvalue weighted by molar-refractivity contribution is 6.32. The van der Waals surface area contributed by atoms with Crippen LogP contribution in [0.15, 0.2) is 199 Å². The largest absolute Gasteiger partial charge is 0.455 e. The summed E-state index contributed by atoms with van der Waals surface area (Å²) in [6.07, 6.45) is 0. The van der Waals surface area contributed by atoms with Gasteiger partial charge in [0.25, 0.3) is 0 Å². The van der Waals surface area contributed by atoms with Crippen LogP contribution in [0.25, 0.3) is 120 Å². The van der Waals surface area contributed by atoms with E-state index in [-0.39, 0.29) is 0 Å². The van der Waals surface area contributed by atoms with Gasteiger partial charge in [-0.05, 0) is 112 Å². The quantitative estimate of drug-likeness (QED) is 0.132. The first-order chi connectivity index (χ1) is 27.3. The van der Waals surface area contributed by atoms with Crippen molar-refractivity contribution in [3.8, 4) is 33.4 Å². The summed E-state index contributed by atoms with van der Waals surface area (Å²) in [6, 6.07) is 71.0. The van der Waals surface area contributed by atoms with E-state index in [0.29, 0.717) is 0 Å². The SMILES string of the molecule is c1ccc2cc(-c3c4ccccc4c(-c4ccc(-c5ccc6c(c5)c5ccccc5c5c7ccc8ccccc8c7oc65)cc4)c4ccccc34)ccc2c1. The van der Waals surface area contributed by atoms with Crippen LogP contribution in [0.2, 0.25) is 0 Å². The van der Waals surface area contributed by atoms with Crippen LogP contribution in [0.5, 0.6) is 0 Å². The summed E-state index contributed by atoms with van der Waals surface area (Å²) in [7, 11) is 0. The average Bonchev–Trinajstić information content (AvgIpc) is 3.66. The van der Waals surface area contributed by atoms with Crippen molar-refractivity contribution in [2.75, 3.05) is 0 Å². The van der Waals surface area contributed by atoms with Crippen LogP contribution >= 0.6 is 0 Å². The fourth-order valence-electron chi connectivity index (χ4n) is 9.29. The van der Waals surface area contributed by atoms with Crippen molar-refractivity contribution in [2.24, 2.45) is 0 Å². The average molecular weight is 697 g/mol. The molecule has 0 atom stereocenters. The van der Waals surface area contributed by atoms with Crippen molar-refractivity contribution in [1.82, 2.24) is 0 Å². The molecule has 0 saturated heterocycles. The molecule has 11 aromatic carbocycles. The molecule has 254 valence electrons. The lowest BCUT2D eigenvalue weighted by atomic mass is 9.85. The number of benzene rings is 11. The summed E-state index contributed by atoms with van der Waals surface area (Å²) in [6.45, 7) is 0. The zero-order valence-corrected chi connectivity index (χ0v) is 29.9. The predicted molar refractivity (Wildman–Crippen MR) is 235 cm³/mol. The lowest BCUT2D eigenvalue weighted by Crippen LogP contribution is -1.91. The molecular formula is C54H32O. The van der Waals surface area contributed by atoms with Gasteiger partial charge in [-0.25, -0.2) is 0 Å². The normalized spacial score (nSPS) is 12.0. The van der Waals surface area contributed by atoms with Crippen molar-refractivity contribution < 1.29 is 4.42 Å². The molecule has 0 aliphatic heterocycles. The zero-order chi connectivity index (χ0) is 36.0. The van der Waals surface area contributed by atoms with Gasteiger partial charge in [-0.3, -0.25) is 0 Å². The van der Waals surface area contributed by atoms with Gasteiger partial charge in [-0.2, -0.15) is 0 Å². The lowest BCUT2D eigenvalue weighted by molar-refractivity contribution is 0.676. The molecule has 0 bridgehead atoms. The summed E-state index contributed by atoms with van der Waals surface area (Å²) in [5.74, 6) is 0. The van der Waals surface area contributed by atoms with Crippen molar-refractivity contribution in [2.45, 2.75) is 0 Å². The summed E-state index contributed by atoms with van der Waals surface area (Å²) in [5.41, 5.74) is 9.29. The second kappa shape index (κ2) is 11.6. The second-order valence-electron chi connectivity index (χ2n) is 14.8. The van der Waals surface area contributed by atoms with Gasteiger partial charge >= 0.3 is 0 Å². The van der Waals surface area contributed by atoms with E-state index in [0.717, 1.165) is 27.3 Å². The smallest absolute Gasteiger partial charge is 0.143 e. The first-order valence-corrected chi connectivity index (χ1v) is 19.0. The van der Waals surface area contributed by atoms with E-state index < -0.39 is 0 Å². The zero-order valence-electron chi connectivity index (χ0n) is 29.9. The predicted octanol–water partition coefficient (Wildman–Crippen LogP) is 15.5. The summed E-state index contributed by atoms with van der Waals surface area (Å²) in [4.78, 5) is 0. The monoisotopic (exact) mass is 696 g/mol. The molecule has 55 heavy (non-hydrogen) atoms. The van der Waals surface area contributed by atoms with Gasteiger partial charge in [0.1, 0.15) is 11.2 Å². The van der Waals surface area contributed by atoms with Gasteiger partial charge in [0.15, 0.2) is 0 Å². The van der Waals surface area contributed by atoms with Gasteiger partial charge in [-0.1, -0.05) is 170 Å². The second-order valence-corrected chi connectivity index (χ2v) is 14.8. The Hall–Kier alpha value is -7.22. The van der Waals surface area contributed by atoms with E-state index in [1.165, 1.54) is 92.6 Å². The molecule has 0 fully saturated rings. The van der Waals surface area contributed by atoms with Crippen molar-refractivity contribution in [3.63, 3.8) is 0 Å². The maximum Gasteiger partial charge on any atom is 0.143 e. The summed E-state index contributed by atoms with van der Waals surface area (Å²) in [5, 5.41) is 17.1. The Kier molecular flexibility index (Phi) is 6.40. The third-order valence-corrected chi connectivity index (χ3v) is 11.8. The molecule has 1 heteroatoms. The molecule has 1 heterocycles. The molecule has 1 aromatic heterocycles. The number of hydrogen-bond acceptors (Lipinski definition) is 1. The van der Waals surface area contributed by atoms with Crippen LogP contribution in [0, 0.1) is 0 Å². The fraction of sp³-hybridized carbons (Fsp3) is 0. The highest BCUT2D eigenvalue weighted by Gasteiger charge is 2.19. The summed E-state index contributed by atoms with van der Waals surface area (Å²) < 4.78 is 6.82. The molecule has 0 N–H and O–H groups in total. The van der Waals surface area contributed by atoms with Crippen LogP contribution in [0.4, 0.5) is 0 Å². The first-order valence-electron chi connectivity index (χ1n) is 19.0. The molecule has 0 unspecified atom stereocenters. The van der Waals surface area contributed by atoms with Crippen LogP contribution in [-0.2, 0) is 0 Å². The third-order valence-electron chi connectivity index (χ3n) is 11.8. The number of rotatable bonds is 3. The van der Waals surface area contributed by atoms with Gasteiger partial charge in [0.05, 0.1) is 0 Å². The van der Waals surface area contributed by atoms with E-state index >= 15 is 0 Å². The topological polar surface area (TPSA) is 13.1 Å². The Balaban J connectivity index is 1.03. The highest BCUT2D eigenvalue weighted by atomic mass is 16.3. The number of fused-ring (bicyclic) bond motifs is 13. The van der Waals surface area contributed by atoms with Crippen molar-refractivity contribution in [1.29, 1.82) is 0 Å². The van der Waals surface area contributed by atoms with Crippen molar-refractivity contribution in [3.05, 3.63) is 194 Å². The maximum absolute atomic E-state index is 6.82. The Morgan fingerprint density at radius 3 is 1.44 bits per heavy atom. The molecule has 0 aliphatic carbocycles. The molecule has 12 aromatic rings. The van der Waals surface area contributed by atoms with Gasteiger partial charge < -0.3 is 4.42 Å².